The summed E-state index contributed by atoms with van der Waals surface area (Å²) in [5, 5.41) is 8.34. The average molecular weight is 482 g/mol. The Labute approximate surface area is 199 Å². The van der Waals surface area contributed by atoms with Gasteiger partial charge in [-0.15, -0.1) is 0 Å². The lowest BCUT2D eigenvalue weighted by Crippen LogP contribution is -2.22. The van der Waals surface area contributed by atoms with E-state index in [4.69, 9.17) is 4.74 Å². The third kappa shape index (κ3) is 6.14. The zero-order chi connectivity index (χ0) is 24.9. The van der Waals surface area contributed by atoms with Gasteiger partial charge in [0.2, 0.25) is 21.7 Å². The highest BCUT2D eigenvalue weighted by molar-refractivity contribution is 7.91. The molecule has 0 saturated heterocycles. The Morgan fingerprint density at radius 2 is 1.50 bits per heavy atom. The highest BCUT2D eigenvalue weighted by Crippen LogP contribution is 2.31. The van der Waals surface area contributed by atoms with Gasteiger partial charge in [0, 0.05) is 24.4 Å². The molecule has 0 aliphatic carbocycles. The molecular formula is C25H27N3O5S. The van der Waals surface area contributed by atoms with E-state index in [9.17, 15) is 18.0 Å². The van der Waals surface area contributed by atoms with Crippen LogP contribution in [-0.4, -0.2) is 33.9 Å². The van der Waals surface area contributed by atoms with Gasteiger partial charge in [0.25, 0.3) is 0 Å². The van der Waals surface area contributed by atoms with Crippen molar-refractivity contribution in [1.82, 2.24) is 0 Å². The molecule has 2 amide bonds. The highest BCUT2D eigenvalue weighted by atomic mass is 32.2. The summed E-state index contributed by atoms with van der Waals surface area (Å²) in [6, 6.07) is 16.2. The Morgan fingerprint density at radius 1 is 0.853 bits per heavy atom. The lowest BCUT2D eigenvalue weighted by atomic mass is 10.1. The van der Waals surface area contributed by atoms with Crippen molar-refractivity contribution < 1.29 is 22.7 Å². The van der Waals surface area contributed by atoms with Gasteiger partial charge in [0.1, 0.15) is 5.75 Å². The fraction of sp³-hybridized carbons (Fsp3) is 0.200. The molecule has 0 saturated carbocycles. The quantitative estimate of drug-likeness (QED) is 0.445. The van der Waals surface area contributed by atoms with Crippen LogP contribution in [0, 0.1) is 13.8 Å². The summed E-state index contributed by atoms with van der Waals surface area (Å²) in [5.74, 6) is -0.212. The highest BCUT2D eigenvalue weighted by Gasteiger charge is 2.23. The zero-order valence-electron chi connectivity index (χ0n) is 19.4. The maximum Gasteiger partial charge on any atom is 0.243 e. The Morgan fingerprint density at radius 3 is 2.09 bits per heavy atom. The van der Waals surface area contributed by atoms with E-state index in [0.29, 0.717) is 17.1 Å². The molecule has 0 aliphatic heterocycles. The first-order valence-electron chi connectivity index (χ1n) is 10.5. The zero-order valence-corrected chi connectivity index (χ0v) is 20.2. The number of amides is 2. The smallest absolute Gasteiger partial charge is 0.243 e. The second-order valence-electron chi connectivity index (χ2n) is 7.85. The number of hydrogen-bond donors (Lipinski definition) is 3. The number of sulfone groups is 1. The number of benzene rings is 3. The standard InChI is InChI=1S/C25H27N3O5S/c1-16-11-17(2)13-20(12-16)28-25(30)15-26-23-10-7-21(33-4)14-24(23)34(31,32)22-8-5-19(6-9-22)27-18(3)29/h5-14,26H,15H2,1-4H3,(H,27,29)(H,28,30). The maximum absolute atomic E-state index is 13.4. The van der Waals surface area contributed by atoms with Crippen LogP contribution < -0.4 is 20.7 Å². The summed E-state index contributed by atoms with van der Waals surface area (Å²) in [6.45, 7) is 5.12. The molecular weight excluding hydrogens is 454 g/mol. The van der Waals surface area contributed by atoms with Gasteiger partial charge in [0.05, 0.1) is 29.1 Å². The summed E-state index contributed by atoms with van der Waals surface area (Å²) >= 11 is 0. The first kappa shape index (κ1) is 24.8. The lowest BCUT2D eigenvalue weighted by molar-refractivity contribution is -0.115. The molecule has 8 nitrogen and oxygen atoms in total. The number of carbonyl (C=O) groups excluding carboxylic acids is 2. The number of methoxy groups -OCH3 is 1. The molecule has 3 rings (SSSR count). The van der Waals surface area contributed by atoms with Gasteiger partial charge < -0.3 is 20.7 Å². The molecule has 0 spiro atoms. The second-order valence-corrected chi connectivity index (χ2v) is 9.77. The van der Waals surface area contributed by atoms with Gasteiger partial charge in [-0.3, -0.25) is 9.59 Å². The number of hydrogen-bond acceptors (Lipinski definition) is 6. The molecule has 178 valence electrons. The fourth-order valence-corrected chi connectivity index (χ4v) is 4.92. The summed E-state index contributed by atoms with van der Waals surface area (Å²) in [6.07, 6.45) is 0. The van der Waals surface area contributed by atoms with Crippen molar-refractivity contribution in [1.29, 1.82) is 0 Å². The summed E-state index contributed by atoms with van der Waals surface area (Å²) < 4.78 is 32.0. The van der Waals surface area contributed by atoms with E-state index >= 15 is 0 Å². The van der Waals surface area contributed by atoms with E-state index in [0.717, 1.165) is 11.1 Å². The predicted octanol–water partition coefficient (Wildman–Crippen LogP) is 4.15. The summed E-state index contributed by atoms with van der Waals surface area (Å²) in [4.78, 5) is 23.7. The monoisotopic (exact) mass is 481 g/mol. The van der Waals surface area contributed by atoms with Crippen LogP contribution in [0.5, 0.6) is 5.75 Å². The number of ether oxygens (including phenoxy) is 1. The van der Waals surface area contributed by atoms with Crippen LogP contribution in [0.25, 0.3) is 0 Å². The van der Waals surface area contributed by atoms with Gasteiger partial charge in [-0.25, -0.2) is 8.42 Å². The van der Waals surface area contributed by atoms with Crippen molar-refractivity contribution in [3.63, 3.8) is 0 Å². The predicted molar refractivity (Wildman–Crippen MR) is 132 cm³/mol. The topological polar surface area (TPSA) is 114 Å². The minimum atomic E-state index is -3.95. The molecule has 34 heavy (non-hydrogen) atoms. The van der Waals surface area contributed by atoms with Gasteiger partial charge in [-0.2, -0.15) is 0 Å². The number of rotatable bonds is 8. The molecule has 0 unspecified atom stereocenters. The lowest BCUT2D eigenvalue weighted by Gasteiger charge is -2.15. The van der Waals surface area contributed by atoms with Crippen LogP contribution in [-0.2, 0) is 19.4 Å². The van der Waals surface area contributed by atoms with Crippen LogP contribution in [0.3, 0.4) is 0 Å². The van der Waals surface area contributed by atoms with Gasteiger partial charge in [0.15, 0.2) is 0 Å². The molecule has 0 heterocycles. The first-order chi connectivity index (χ1) is 16.1. The van der Waals surface area contributed by atoms with E-state index < -0.39 is 9.84 Å². The van der Waals surface area contributed by atoms with Crippen LogP contribution in [0.15, 0.2) is 70.5 Å². The van der Waals surface area contributed by atoms with Crippen molar-refractivity contribution >= 4 is 38.7 Å². The van der Waals surface area contributed by atoms with Crippen molar-refractivity contribution in [3.05, 3.63) is 71.8 Å². The molecule has 0 atom stereocenters. The third-order valence-corrected chi connectivity index (χ3v) is 6.72. The third-order valence-electron chi connectivity index (χ3n) is 4.91. The van der Waals surface area contributed by atoms with Gasteiger partial charge in [-0.1, -0.05) is 6.07 Å². The molecule has 3 aromatic rings. The molecule has 0 fully saturated rings. The van der Waals surface area contributed by atoms with E-state index in [2.05, 4.69) is 16.0 Å². The fourth-order valence-electron chi connectivity index (χ4n) is 3.47. The van der Waals surface area contributed by atoms with E-state index in [-0.39, 0.29) is 33.8 Å². The van der Waals surface area contributed by atoms with Crippen molar-refractivity contribution in [2.24, 2.45) is 0 Å². The van der Waals surface area contributed by atoms with Crippen molar-refractivity contribution in [2.45, 2.75) is 30.6 Å². The number of nitrogens with one attached hydrogen (secondary N) is 3. The molecule has 0 radical (unpaired) electrons. The average Bonchev–Trinajstić information content (AvgIpc) is 2.77. The molecule has 3 N–H and O–H groups in total. The van der Waals surface area contributed by atoms with Crippen LogP contribution >= 0.6 is 0 Å². The minimum absolute atomic E-state index is 0.0293. The second kappa shape index (κ2) is 10.4. The van der Waals surface area contributed by atoms with Gasteiger partial charge >= 0.3 is 0 Å². The Balaban J connectivity index is 1.84. The maximum atomic E-state index is 13.4. The molecule has 0 aromatic heterocycles. The van der Waals surface area contributed by atoms with Crippen LogP contribution in [0.1, 0.15) is 18.1 Å². The van der Waals surface area contributed by atoms with Crippen LogP contribution in [0.2, 0.25) is 0 Å². The van der Waals surface area contributed by atoms with E-state index in [1.54, 1.807) is 12.1 Å². The van der Waals surface area contributed by atoms with E-state index in [1.807, 2.05) is 32.0 Å². The largest absolute Gasteiger partial charge is 0.497 e. The number of carbonyl (C=O) groups is 2. The first-order valence-corrected chi connectivity index (χ1v) is 12.0. The summed E-state index contributed by atoms with van der Waals surface area (Å²) in [5.41, 5.74) is 3.47. The van der Waals surface area contributed by atoms with Crippen molar-refractivity contribution in [3.8, 4) is 5.75 Å². The Kier molecular flexibility index (Phi) is 7.57. The molecule has 9 heteroatoms. The number of aryl methyl sites for hydroxylation is 2. The Bertz CT molecular complexity index is 1300. The molecule has 0 aliphatic rings. The summed E-state index contributed by atoms with van der Waals surface area (Å²) in [7, 11) is -2.51. The van der Waals surface area contributed by atoms with Crippen molar-refractivity contribution in [2.75, 3.05) is 29.6 Å². The molecule has 3 aromatic carbocycles. The van der Waals surface area contributed by atoms with Crippen LogP contribution in [0.4, 0.5) is 17.1 Å². The minimum Gasteiger partial charge on any atom is -0.497 e. The SMILES string of the molecule is COc1ccc(NCC(=O)Nc2cc(C)cc(C)c2)c(S(=O)(=O)c2ccc(NC(C)=O)cc2)c1. The molecule has 0 bridgehead atoms. The number of anilines is 3. The van der Waals surface area contributed by atoms with E-state index in [1.165, 1.54) is 44.4 Å². The Hall–Kier alpha value is -3.85. The van der Waals surface area contributed by atoms with Gasteiger partial charge in [-0.05, 0) is 73.5 Å². The normalized spacial score (nSPS) is 10.9.